The number of aromatic nitrogens is 3. The second-order valence-corrected chi connectivity index (χ2v) is 6.74. The molecule has 112 valence electrons. The number of aryl methyl sites for hydroxylation is 1. The van der Waals surface area contributed by atoms with Crippen LogP contribution in [0.15, 0.2) is 28.7 Å². The fourth-order valence-corrected chi connectivity index (χ4v) is 3.26. The molecule has 0 radical (unpaired) electrons. The molecule has 1 aromatic heterocycles. The van der Waals surface area contributed by atoms with Crippen molar-refractivity contribution in [1.82, 2.24) is 19.7 Å². The second kappa shape index (κ2) is 6.28. The Bertz CT molecular complexity index is 605. The fraction of sp³-hybridized carbons (Fsp3) is 0.500. The highest BCUT2D eigenvalue weighted by Gasteiger charge is 2.26. The predicted molar refractivity (Wildman–Crippen MR) is 87.0 cm³/mol. The van der Waals surface area contributed by atoms with Crippen molar-refractivity contribution < 1.29 is 0 Å². The lowest BCUT2D eigenvalue weighted by Crippen LogP contribution is -2.31. The number of likely N-dealkylation sites (tertiary alicyclic amines) is 1. The molecule has 1 saturated heterocycles. The summed E-state index contributed by atoms with van der Waals surface area (Å²) in [6, 6.07) is 9.30. The van der Waals surface area contributed by atoms with E-state index in [1.54, 1.807) is 0 Å². The molecule has 21 heavy (non-hydrogen) atoms. The molecule has 1 aromatic carbocycles. The molecule has 0 amide bonds. The van der Waals surface area contributed by atoms with E-state index < -0.39 is 0 Å². The first-order valence-corrected chi connectivity index (χ1v) is 8.26. The van der Waals surface area contributed by atoms with E-state index in [1.807, 2.05) is 14.0 Å². The first-order chi connectivity index (χ1) is 10.1. The van der Waals surface area contributed by atoms with Crippen LogP contribution in [0.3, 0.4) is 0 Å². The van der Waals surface area contributed by atoms with Crippen molar-refractivity contribution in [2.75, 3.05) is 6.54 Å². The number of benzene rings is 1. The summed E-state index contributed by atoms with van der Waals surface area (Å²) in [5, 5.41) is 8.46. The van der Waals surface area contributed by atoms with Gasteiger partial charge in [-0.1, -0.05) is 28.1 Å². The molecule has 0 bridgehead atoms. The van der Waals surface area contributed by atoms with Crippen molar-refractivity contribution in [1.29, 1.82) is 0 Å². The first kappa shape index (κ1) is 14.7. The third kappa shape index (κ3) is 3.35. The van der Waals surface area contributed by atoms with Gasteiger partial charge < -0.3 is 4.57 Å². The van der Waals surface area contributed by atoms with Crippen LogP contribution >= 0.6 is 15.9 Å². The molecule has 0 spiro atoms. The minimum Gasteiger partial charge on any atom is -0.317 e. The van der Waals surface area contributed by atoms with Gasteiger partial charge in [-0.15, -0.1) is 10.2 Å². The van der Waals surface area contributed by atoms with Crippen LogP contribution in [-0.2, 0) is 20.0 Å². The third-order valence-electron chi connectivity index (χ3n) is 4.41. The van der Waals surface area contributed by atoms with E-state index in [0.717, 1.165) is 35.6 Å². The Balaban J connectivity index is 1.68. The number of nitrogens with zero attached hydrogens (tertiary/aromatic N) is 4. The zero-order chi connectivity index (χ0) is 14.8. The molecule has 1 atom stereocenters. The van der Waals surface area contributed by atoms with Crippen LogP contribution in [0.25, 0.3) is 0 Å². The van der Waals surface area contributed by atoms with E-state index in [1.165, 1.54) is 18.4 Å². The van der Waals surface area contributed by atoms with Gasteiger partial charge in [-0.2, -0.15) is 0 Å². The van der Waals surface area contributed by atoms with Crippen LogP contribution in [0, 0.1) is 6.92 Å². The van der Waals surface area contributed by atoms with Crippen molar-refractivity contribution in [3.63, 3.8) is 0 Å². The van der Waals surface area contributed by atoms with E-state index in [2.05, 4.69) is 59.9 Å². The van der Waals surface area contributed by atoms with Gasteiger partial charge in [-0.05, 0) is 50.4 Å². The van der Waals surface area contributed by atoms with Gasteiger partial charge >= 0.3 is 0 Å². The highest BCUT2D eigenvalue weighted by atomic mass is 79.9. The summed E-state index contributed by atoms with van der Waals surface area (Å²) in [5.41, 5.74) is 1.41. The molecule has 0 unspecified atom stereocenters. The summed E-state index contributed by atoms with van der Waals surface area (Å²) in [7, 11) is 2.05. The average molecular weight is 349 g/mol. The van der Waals surface area contributed by atoms with Crippen molar-refractivity contribution in [3.8, 4) is 0 Å². The third-order valence-corrected chi connectivity index (χ3v) is 4.94. The van der Waals surface area contributed by atoms with Crippen LogP contribution < -0.4 is 0 Å². The van der Waals surface area contributed by atoms with E-state index in [0.29, 0.717) is 6.04 Å². The predicted octanol–water partition coefficient (Wildman–Crippen LogP) is 3.09. The highest BCUT2D eigenvalue weighted by molar-refractivity contribution is 9.10. The van der Waals surface area contributed by atoms with Gasteiger partial charge in [-0.3, -0.25) is 4.90 Å². The van der Waals surface area contributed by atoms with Gasteiger partial charge in [0.15, 0.2) is 0 Å². The maximum Gasteiger partial charge on any atom is 0.146 e. The molecule has 1 aliphatic rings. The Morgan fingerprint density at radius 1 is 1.24 bits per heavy atom. The second-order valence-electron chi connectivity index (χ2n) is 5.82. The number of hydrogen-bond acceptors (Lipinski definition) is 3. The molecule has 3 rings (SSSR count). The van der Waals surface area contributed by atoms with Crippen LogP contribution in [0.1, 0.15) is 30.1 Å². The quantitative estimate of drug-likeness (QED) is 0.851. The Labute approximate surface area is 134 Å². The number of rotatable bonds is 4. The van der Waals surface area contributed by atoms with Crippen molar-refractivity contribution in [3.05, 3.63) is 46.0 Å². The summed E-state index contributed by atoms with van der Waals surface area (Å²) in [4.78, 5) is 2.55. The summed E-state index contributed by atoms with van der Waals surface area (Å²) in [6.07, 6.45) is 3.66. The van der Waals surface area contributed by atoms with Gasteiger partial charge in [0.1, 0.15) is 11.6 Å². The largest absolute Gasteiger partial charge is 0.317 e. The molecule has 2 heterocycles. The Hall–Kier alpha value is -1.20. The Morgan fingerprint density at radius 3 is 2.67 bits per heavy atom. The van der Waals surface area contributed by atoms with E-state index >= 15 is 0 Å². The number of halogens is 1. The standard InChI is InChI=1S/C16H21BrN4/c1-12-18-19-16(20(12)2)11-21-9-3-4-15(21)10-13-5-7-14(17)8-6-13/h5-8,15H,3-4,9-11H2,1-2H3/t15-/m0/s1. The molecule has 1 aliphatic heterocycles. The number of hydrogen-bond donors (Lipinski definition) is 0. The van der Waals surface area contributed by atoms with Gasteiger partial charge in [0.2, 0.25) is 0 Å². The van der Waals surface area contributed by atoms with Gasteiger partial charge in [0, 0.05) is 17.6 Å². The van der Waals surface area contributed by atoms with Crippen molar-refractivity contribution >= 4 is 15.9 Å². The minimum absolute atomic E-state index is 0.614. The van der Waals surface area contributed by atoms with E-state index in [-0.39, 0.29) is 0 Å². The lowest BCUT2D eigenvalue weighted by molar-refractivity contribution is 0.235. The molecular weight excluding hydrogens is 328 g/mol. The summed E-state index contributed by atoms with van der Waals surface area (Å²) in [6.45, 7) is 4.06. The Kier molecular flexibility index (Phi) is 4.40. The normalized spacial score (nSPS) is 19.3. The molecule has 2 aromatic rings. The zero-order valence-electron chi connectivity index (χ0n) is 12.6. The first-order valence-electron chi connectivity index (χ1n) is 7.47. The maximum atomic E-state index is 4.30. The minimum atomic E-state index is 0.614. The monoisotopic (exact) mass is 348 g/mol. The summed E-state index contributed by atoms with van der Waals surface area (Å²) >= 11 is 3.50. The van der Waals surface area contributed by atoms with E-state index in [9.17, 15) is 0 Å². The van der Waals surface area contributed by atoms with Gasteiger partial charge in [-0.25, -0.2) is 0 Å². The lowest BCUT2D eigenvalue weighted by Gasteiger charge is -2.24. The molecule has 5 heteroatoms. The summed E-state index contributed by atoms with van der Waals surface area (Å²) in [5.74, 6) is 2.05. The van der Waals surface area contributed by atoms with Crippen LogP contribution in [0.5, 0.6) is 0 Å². The molecule has 0 saturated carbocycles. The fourth-order valence-electron chi connectivity index (χ4n) is 3.00. The topological polar surface area (TPSA) is 34.0 Å². The molecule has 4 nitrogen and oxygen atoms in total. The van der Waals surface area contributed by atoms with Crippen LogP contribution in [0.4, 0.5) is 0 Å². The molecular formula is C16H21BrN4. The average Bonchev–Trinajstić information content (AvgIpc) is 3.04. The highest BCUT2D eigenvalue weighted by Crippen LogP contribution is 2.23. The van der Waals surface area contributed by atoms with Crippen LogP contribution in [0.2, 0.25) is 0 Å². The SMILES string of the molecule is Cc1nnc(CN2CCC[C@H]2Cc2ccc(Br)cc2)n1C. The van der Waals surface area contributed by atoms with Gasteiger partial charge in [0.25, 0.3) is 0 Å². The maximum absolute atomic E-state index is 4.30. The smallest absolute Gasteiger partial charge is 0.146 e. The Morgan fingerprint density at radius 2 is 2.00 bits per heavy atom. The van der Waals surface area contributed by atoms with Crippen LogP contribution in [-0.4, -0.2) is 32.3 Å². The molecule has 0 aliphatic carbocycles. The lowest BCUT2D eigenvalue weighted by atomic mass is 10.0. The van der Waals surface area contributed by atoms with Crippen molar-refractivity contribution in [2.24, 2.45) is 7.05 Å². The zero-order valence-corrected chi connectivity index (χ0v) is 14.2. The van der Waals surface area contributed by atoms with E-state index in [4.69, 9.17) is 0 Å². The summed E-state index contributed by atoms with van der Waals surface area (Å²) < 4.78 is 3.23. The van der Waals surface area contributed by atoms with Gasteiger partial charge in [0.05, 0.1) is 6.54 Å². The molecule has 1 fully saturated rings. The molecule has 0 N–H and O–H groups in total. The van der Waals surface area contributed by atoms with Crippen molar-refractivity contribution in [2.45, 2.75) is 38.8 Å².